The van der Waals surface area contributed by atoms with Crippen LogP contribution in [0.15, 0.2) is 84.0 Å². The second-order valence-electron chi connectivity index (χ2n) is 10.4. The zero-order chi connectivity index (χ0) is 22.9. The molecule has 0 aromatic heterocycles. The Bertz CT molecular complexity index is 948. The molecule has 0 aliphatic heterocycles. The first-order chi connectivity index (χ1) is 14.4. The molecular formula is C29H34O2. The van der Waals surface area contributed by atoms with Crippen LogP contribution in [0.1, 0.15) is 52.7 Å². The normalized spacial score (nSPS) is 19.7. The largest absolute Gasteiger partial charge is 0.384 e. The lowest BCUT2D eigenvalue weighted by Crippen LogP contribution is -2.33. The fraction of sp³-hybridized carbons (Fsp3) is 0.379. The third-order valence-electron chi connectivity index (χ3n) is 5.84. The highest BCUT2D eigenvalue weighted by atomic mass is 16.3. The summed E-state index contributed by atoms with van der Waals surface area (Å²) in [6, 6.07) is 19.1. The van der Waals surface area contributed by atoms with Crippen LogP contribution < -0.4 is 0 Å². The van der Waals surface area contributed by atoms with E-state index in [4.69, 9.17) is 0 Å². The van der Waals surface area contributed by atoms with Crippen LogP contribution in [0.3, 0.4) is 0 Å². The molecule has 0 bridgehead atoms. The van der Waals surface area contributed by atoms with Gasteiger partial charge in [-0.3, -0.25) is 0 Å². The molecule has 2 nitrogen and oxygen atoms in total. The summed E-state index contributed by atoms with van der Waals surface area (Å²) in [4.78, 5) is 0. The molecule has 0 saturated heterocycles. The molecule has 0 fully saturated rings. The summed E-state index contributed by atoms with van der Waals surface area (Å²) in [6.45, 7) is 12.7. The molecule has 162 valence electrons. The van der Waals surface area contributed by atoms with E-state index < -0.39 is 11.7 Å². The summed E-state index contributed by atoms with van der Waals surface area (Å²) < 4.78 is 0. The van der Waals surface area contributed by atoms with Crippen molar-refractivity contribution in [2.24, 2.45) is 16.7 Å². The molecule has 0 heterocycles. The first-order valence-corrected chi connectivity index (χ1v) is 10.9. The molecular weight excluding hydrogens is 380 g/mol. The average molecular weight is 415 g/mol. The molecule has 3 rings (SSSR count). The van der Waals surface area contributed by atoms with Gasteiger partial charge < -0.3 is 10.2 Å². The molecule has 2 aromatic rings. The Hall–Kier alpha value is -2.60. The van der Waals surface area contributed by atoms with Gasteiger partial charge in [0, 0.05) is 11.1 Å². The fourth-order valence-corrected chi connectivity index (χ4v) is 4.05. The fourth-order valence-electron chi connectivity index (χ4n) is 4.05. The van der Waals surface area contributed by atoms with Crippen molar-refractivity contribution >= 4 is 0 Å². The van der Waals surface area contributed by atoms with Gasteiger partial charge in [-0.15, -0.1) is 0 Å². The summed E-state index contributed by atoms with van der Waals surface area (Å²) in [5, 5.41) is 22.8. The number of benzene rings is 2. The van der Waals surface area contributed by atoms with Crippen molar-refractivity contribution in [1.29, 1.82) is 0 Å². The average Bonchev–Trinajstić information content (AvgIpc) is 2.72. The van der Waals surface area contributed by atoms with Gasteiger partial charge in [-0.25, -0.2) is 0 Å². The van der Waals surface area contributed by atoms with Crippen molar-refractivity contribution in [3.05, 3.63) is 95.1 Å². The second kappa shape index (κ2) is 8.50. The van der Waals surface area contributed by atoms with Crippen molar-refractivity contribution in [2.75, 3.05) is 0 Å². The summed E-state index contributed by atoms with van der Waals surface area (Å²) in [6.07, 6.45) is 3.51. The van der Waals surface area contributed by atoms with E-state index in [1.165, 1.54) is 0 Å². The van der Waals surface area contributed by atoms with Crippen LogP contribution >= 0.6 is 0 Å². The number of aliphatic hydroxyl groups excluding tert-OH is 1. The number of aliphatic hydroxyl groups is 2. The van der Waals surface area contributed by atoms with E-state index in [9.17, 15) is 10.2 Å². The molecule has 0 radical (unpaired) electrons. The van der Waals surface area contributed by atoms with Gasteiger partial charge in [0.05, 0.1) is 12.0 Å². The maximum Gasteiger partial charge on any atom is 0.176 e. The van der Waals surface area contributed by atoms with Crippen molar-refractivity contribution in [1.82, 2.24) is 0 Å². The quantitative estimate of drug-likeness (QED) is 0.477. The van der Waals surface area contributed by atoms with Crippen LogP contribution in [0, 0.1) is 28.6 Å². The van der Waals surface area contributed by atoms with Gasteiger partial charge in [0.25, 0.3) is 0 Å². The second-order valence-corrected chi connectivity index (χ2v) is 10.4. The molecule has 0 amide bonds. The zero-order valence-corrected chi connectivity index (χ0v) is 19.5. The highest BCUT2D eigenvalue weighted by Gasteiger charge is 2.35. The molecule has 31 heavy (non-hydrogen) atoms. The van der Waals surface area contributed by atoms with Crippen LogP contribution in [0.4, 0.5) is 0 Å². The molecule has 1 aliphatic rings. The van der Waals surface area contributed by atoms with Crippen LogP contribution in [-0.2, 0) is 5.60 Å². The lowest BCUT2D eigenvalue weighted by atomic mass is 9.70. The van der Waals surface area contributed by atoms with Crippen molar-refractivity contribution in [3.63, 3.8) is 0 Å². The maximum atomic E-state index is 11.7. The summed E-state index contributed by atoms with van der Waals surface area (Å²) in [5.74, 6) is 6.32. The third kappa shape index (κ3) is 5.01. The molecule has 2 heteroatoms. The van der Waals surface area contributed by atoms with E-state index in [0.717, 1.165) is 22.3 Å². The highest BCUT2D eigenvalue weighted by Crippen LogP contribution is 2.41. The minimum Gasteiger partial charge on any atom is -0.384 e. The van der Waals surface area contributed by atoms with Gasteiger partial charge in [0.1, 0.15) is 0 Å². The molecule has 1 aliphatic carbocycles. The number of hydrogen-bond donors (Lipinski definition) is 2. The molecule has 0 spiro atoms. The van der Waals surface area contributed by atoms with Crippen molar-refractivity contribution in [3.8, 4) is 11.8 Å². The SMILES string of the molecule is CC(C)(C)C1=CC(C#CC(O)(c2ccccc2)c2ccccc2)C=C(C(C)(C)C)C1O. The summed E-state index contributed by atoms with van der Waals surface area (Å²) >= 11 is 0. The van der Waals surface area contributed by atoms with E-state index in [1.807, 2.05) is 60.7 Å². The summed E-state index contributed by atoms with van der Waals surface area (Å²) in [5.41, 5.74) is 1.65. The zero-order valence-electron chi connectivity index (χ0n) is 19.5. The van der Waals surface area contributed by atoms with Gasteiger partial charge in [0.15, 0.2) is 5.60 Å². The Morgan fingerprint density at radius 1 is 0.677 bits per heavy atom. The number of hydrogen-bond acceptors (Lipinski definition) is 2. The van der Waals surface area contributed by atoms with Crippen molar-refractivity contribution < 1.29 is 10.2 Å². The number of rotatable bonds is 2. The first-order valence-electron chi connectivity index (χ1n) is 10.9. The van der Waals surface area contributed by atoms with Crippen LogP contribution in [0.5, 0.6) is 0 Å². The predicted octanol–water partition coefficient (Wildman–Crippen LogP) is 5.86. The molecule has 0 unspecified atom stereocenters. The topological polar surface area (TPSA) is 40.5 Å². The molecule has 0 saturated carbocycles. The number of allylic oxidation sites excluding steroid dienone is 2. The minimum atomic E-state index is -1.41. The summed E-state index contributed by atoms with van der Waals surface area (Å²) in [7, 11) is 0. The minimum absolute atomic E-state index is 0.181. The third-order valence-corrected chi connectivity index (χ3v) is 5.84. The van der Waals surface area contributed by atoms with E-state index >= 15 is 0 Å². The smallest absolute Gasteiger partial charge is 0.176 e. The Morgan fingerprint density at radius 2 is 1.06 bits per heavy atom. The maximum absolute atomic E-state index is 11.7. The van der Waals surface area contributed by atoms with Crippen LogP contribution in [-0.4, -0.2) is 16.3 Å². The first kappa shape index (κ1) is 23.1. The Balaban J connectivity index is 2.13. The predicted molar refractivity (Wildman–Crippen MR) is 128 cm³/mol. The van der Waals surface area contributed by atoms with Crippen LogP contribution in [0.25, 0.3) is 0 Å². The lowest BCUT2D eigenvalue weighted by molar-refractivity contribution is 0.145. The van der Waals surface area contributed by atoms with Gasteiger partial charge in [-0.05, 0) is 22.0 Å². The lowest BCUT2D eigenvalue weighted by Gasteiger charge is -2.37. The monoisotopic (exact) mass is 414 g/mol. The molecule has 2 N–H and O–H groups in total. The Morgan fingerprint density at radius 3 is 1.42 bits per heavy atom. The van der Waals surface area contributed by atoms with Gasteiger partial charge in [0.2, 0.25) is 0 Å². The van der Waals surface area contributed by atoms with E-state index in [-0.39, 0.29) is 16.7 Å². The standard InChI is InChI=1S/C29H34O2/c1-27(2,3)24-19-21(20-25(26(24)30)28(4,5)6)17-18-29(31,22-13-9-7-10-14-22)23-15-11-8-12-16-23/h7-16,19-21,26,30-31H,1-6H3. The van der Waals surface area contributed by atoms with Gasteiger partial charge in [-0.2, -0.15) is 0 Å². The Labute approximate surface area is 187 Å². The van der Waals surface area contributed by atoms with Gasteiger partial charge in [-0.1, -0.05) is 126 Å². The highest BCUT2D eigenvalue weighted by molar-refractivity contribution is 5.47. The van der Waals surface area contributed by atoms with E-state index in [0.29, 0.717) is 0 Å². The molecule has 0 atom stereocenters. The van der Waals surface area contributed by atoms with Gasteiger partial charge >= 0.3 is 0 Å². The van der Waals surface area contributed by atoms with E-state index in [2.05, 4.69) is 65.5 Å². The Kier molecular flexibility index (Phi) is 6.33. The van der Waals surface area contributed by atoms with Crippen molar-refractivity contribution in [2.45, 2.75) is 53.2 Å². The van der Waals surface area contributed by atoms with E-state index in [1.54, 1.807) is 0 Å². The van der Waals surface area contributed by atoms with Crippen LogP contribution in [0.2, 0.25) is 0 Å². The molecule has 2 aromatic carbocycles.